The largest absolute Gasteiger partial charge is 0.351 e. The van der Waals surface area contributed by atoms with Gasteiger partial charge in [-0.05, 0) is 48.1 Å². The molecule has 2 N–H and O–H groups in total. The smallest absolute Gasteiger partial charge is 0.261 e. The molecule has 0 spiro atoms. The molecule has 5 heteroatoms. The summed E-state index contributed by atoms with van der Waals surface area (Å²) in [5.74, 6) is -0.328. The predicted molar refractivity (Wildman–Crippen MR) is 113 cm³/mol. The molecule has 1 saturated carbocycles. The van der Waals surface area contributed by atoms with E-state index < -0.39 is 0 Å². The molecule has 4 nitrogen and oxygen atoms in total. The van der Waals surface area contributed by atoms with Gasteiger partial charge in [0.2, 0.25) is 0 Å². The molecule has 28 heavy (non-hydrogen) atoms. The van der Waals surface area contributed by atoms with Crippen molar-refractivity contribution in [3.63, 3.8) is 0 Å². The molecule has 1 amide bonds. The fourth-order valence-corrected chi connectivity index (χ4v) is 4.39. The normalized spacial score (nSPS) is 16.0. The number of nitrogens with one attached hydrogen (secondary N) is 2. The van der Waals surface area contributed by atoms with Gasteiger partial charge in [0.25, 0.3) is 11.5 Å². The van der Waals surface area contributed by atoms with Gasteiger partial charge in [0.15, 0.2) is 0 Å². The lowest BCUT2D eigenvalue weighted by atomic mass is 9.69. The summed E-state index contributed by atoms with van der Waals surface area (Å²) >= 11 is 6.06. The second-order valence-electron chi connectivity index (χ2n) is 7.63. The van der Waals surface area contributed by atoms with E-state index in [-0.39, 0.29) is 22.4 Å². The predicted octanol–water partition coefficient (Wildman–Crippen LogP) is 4.81. The van der Waals surface area contributed by atoms with Gasteiger partial charge in [-0.25, -0.2) is 0 Å². The Morgan fingerprint density at radius 2 is 1.75 bits per heavy atom. The standard InChI is InChI=1S/C23H23ClN2O2/c24-18-10-8-17(9-11-18)23(12-4-1-5-13-23)15-25-21(27)19-14-16-6-2-3-7-20(16)26-22(19)28/h2-3,6-11,14H,1,4-5,12-13,15H2,(H,25,27)(H,26,28). The van der Waals surface area contributed by atoms with Gasteiger partial charge < -0.3 is 10.3 Å². The number of hydrogen-bond donors (Lipinski definition) is 2. The minimum atomic E-state index is -0.361. The number of fused-ring (bicyclic) bond motifs is 1. The molecule has 0 unspecified atom stereocenters. The molecular formula is C23H23ClN2O2. The number of rotatable bonds is 4. The van der Waals surface area contributed by atoms with Gasteiger partial charge >= 0.3 is 0 Å². The molecule has 1 aliphatic rings. The number of aromatic amines is 1. The first kappa shape index (κ1) is 18.8. The topological polar surface area (TPSA) is 62.0 Å². The highest BCUT2D eigenvalue weighted by atomic mass is 35.5. The second-order valence-corrected chi connectivity index (χ2v) is 8.07. The van der Waals surface area contributed by atoms with Crippen molar-refractivity contribution in [1.29, 1.82) is 0 Å². The van der Waals surface area contributed by atoms with Gasteiger partial charge in [0, 0.05) is 22.5 Å². The molecule has 144 valence electrons. The van der Waals surface area contributed by atoms with E-state index in [4.69, 9.17) is 11.6 Å². The fourth-order valence-electron chi connectivity index (χ4n) is 4.26. The molecule has 0 bridgehead atoms. The first-order chi connectivity index (χ1) is 13.6. The van der Waals surface area contributed by atoms with Crippen LogP contribution in [0.2, 0.25) is 5.02 Å². The molecule has 1 heterocycles. The monoisotopic (exact) mass is 394 g/mol. The van der Waals surface area contributed by atoms with E-state index in [1.54, 1.807) is 6.07 Å². The molecule has 1 fully saturated rings. The van der Waals surface area contributed by atoms with Crippen molar-refractivity contribution < 1.29 is 4.79 Å². The summed E-state index contributed by atoms with van der Waals surface area (Å²) in [5.41, 5.74) is 1.61. The number of para-hydroxylation sites is 1. The highest BCUT2D eigenvalue weighted by Crippen LogP contribution is 2.39. The highest BCUT2D eigenvalue weighted by Gasteiger charge is 2.34. The quantitative estimate of drug-likeness (QED) is 0.666. The van der Waals surface area contributed by atoms with Gasteiger partial charge in [0.05, 0.1) is 0 Å². The minimum absolute atomic E-state index is 0.109. The number of pyridine rings is 1. The summed E-state index contributed by atoms with van der Waals surface area (Å²) in [7, 11) is 0. The maximum atomic E-state index is 12.8. The van der Waals surface area contributed by atoms with E-state index in [2.05, 4.69) is 22.4 Å². The lowest BCUT2D eigenvalue weighted by molar-refractivity contribution is 0.0935. The maximum absolute atomic E-state index is 12.8. The van der Waals surface area contributed by atoms with Crippen LogP contribution in [0.15, 0.2) is 59.4 Å². The first-order valence-electron chi connectivity index (χ1n) is 9.74. The molecule has 0 atom stereocenters. The Bertz CT molecular complexity index is 1050. The lowest BCUT2D eigenvalue weighted by Gasteiger charge is -2.38. The van der Waals surface area contributed by atoms with E-state index in [1.165, 1.54) is 12.0 Å². The number of carbonyl (C=O) groups is 1. The summed E-state index contributed by atoms with van der Waals surface area (Å²) < 4.78 is 0. The van der Waals surface area contributed by atoms with Crippen LogP contribution in [0.3, 0.4) is 0 Å². The molecular weight excluding hydrogens is 372 g/mol. The number of aromatic nitrogens is 1. The van der Waals surface area contributed by atoms with Crippen molar-refractivity contribution in [2.45, 2.75) is 37.5 Å². The Kier molecular flexibility index (Phi) is 5.23. The number of amides is 1. The van der Waals surface area contributed by atoms with Crippen molar-refractivity contribution in [3.8, 4) is 0 Å². The summed E-state index contributed by atoms with van der Waals surface area (Å²) in [5, 5.41) is 4.59. The van der Waals surface area contributed by atoms with Crippen molar-refractivity contribution >= 4 is 28.4 Å². The zero-order chi connectivity index (χ0) is 19.6. The van der Waals surface area contributed by atoms with E-state index in [9.17, 15) is 9.59 Å². The van der Waals surface area contributed by atoms with Crippen LogP contribution >= 0.6 is 11.6 Å². The number of benzene rings is 2. The molecule has 0 aliphatic heterocycles. The Balaban J connectivity index is 1.59. The maximum Gasteiger partial charge on any atom is 0.261 e. The summed E-state index contributed by atoms with van der Waals surface area (Å²) in [6.45, 7) is 0.514. The number of carbonyl (C=O) groups excluding carboxylic acids is 1. The van der Waals surface area contributed by atoms with Crippen molar-refractivity contribution in [2.75, 3.05) is 6.54 Å². The molecule has 1 aromatic heterocycles. The van der Waals surface area contributed by atoms with Crippen LogP contribution in [0.5, 0.6) is 0 Å². The third-order valence-electron chi connectivity index (χ3n) is 5.85. The molecule has 1 aliphatic carbocycles. The van der Waals surface area contributed by atoms with Crippen molar-refractivity contribution in [3.05, 3.63) is 81.1 Å². The summed E-state index contributed by atoms with van der Waals surface area (Å²) in [6, 6.07) is 17.1. The lowest BCUT2D eigenvalue weighted by Crippen LogP contribution is -2.43. The zero-order valence-corrected chi connectivity index (χ0v) is 16.4. The van der Waals surface area contributed by atoms with E-state index >= 15 is 0 Å². The third kappa shape index (κ3) is 3.69. The van der Waals surface area contributed by atoms with Crippen molar-refractivity contribution in [2.24, 2.45) is 0 Å². The molecule has 0 saturated heterocycles. The van der Waals surface area contributed by atoms with E-state index in [1.807, 2.05) is 36.4 Å². The first-order valence-corrected chi connectivity index (χ1v) is 10.1. The number of halogens is 1. The van der Waals surface area contributed by atoms with Gasteiger partial charge in [-0.3, -0.25) is 9.59 Å². The third-order valence-corrected chi connectivity index (χ3v) is 6.10. The number of H-pyrrole nitrogens is 1. The average Bonchev–Trinajstić information content (AvgIpc) is 2.72. The summed E-state index contributed by atoms with van der Waals surface area (Å²) in [4.78, 5) is 28.0. The van der Waals surface area contributed by atoms with Gasteiger partial charge in [0.1, 0.15) is 5.56 Å². The molecule has 2 aromatic carbocycles. The molecule has 0 radical (unpaired) electrons. The van der Waals surface area contributed by atoms with Crippen LogP contribution in [0, 0.1) is 0 Å². The van der Waals surface area contributed by atoms with E-state index in [0.717, 1.165) is 36.6 Å². The second kappa shape index (κ2) is 7.80. The molecule has 3 aromatic rings. The Labute approximate surface area is 168 Å². The zero-order valence-electron chi connectivity index (χ0n) is 15.6. The van der Waals surface area contributed by atoms with Crippen molar-refractivity contribution in [1.82, 2.24) is 10.3 Å². The van der Waals surface area contributed by atoms with Gasteiger partial charge in [-0.2, -0.15) is 0 Å². The minimum Gasteiger partial charge on any atom is -0.351 e. The Morgan fingerprint density at radius 1 is 1.04 bits per heavy atom. The van der Waals surface area contributed by atoms with Gasteiger partial charge in [-0.15, -0.1) is 0 Å². The van der Waals surface area contributed by atoms with Crippen LogP contribution in [0.1, 0.15) is 48.0 Å². The average molecular weight is 395 g/mol. The summed E-state index contributed by atoms with van der Waals surface area (Å²) in [6.07, 6.45) is 5.52. The van der Waals surface area contributed by atoms with Crippen LogP contribution in [0.4, 0.5) is 0 Å². The number of hydrogen-bond acceptors (Lipinski definition) is 2. The Hall–Kier alpha value is -2.59. The van der Waals surface area contributed by atoms with Crippen LogP contribution < -0.4 is 10.9 Å². The highest BCUT2D eigenvalue weighted by molar-refractivity contribution is 6.30. The van der Waals surface area contributed by atoms with E-state index in [0.29, 0.717) is 11.6 Å². The van der Waals surface area contributed by atoms with Crippen LogP contribution in [-0.2, 0) is 5.41 Å². The van der Waals surface area contributed by atoms with Crippen LogP contribution in [0.25, 0.3) is 10.9 Å². The Morgan fingerprint density at radius 3 is 2.50 bits per heavy atom. The fraction of sp³-hybridized carbons (Fsp3) is 0.304. The SMILES string of the molecule is O=C(NCC1(c2ccc(Cl)cc2)CCCCC1)c1cc2ccccc2[nH]c1=O. The van der Waals surface area contributed by atoms with Crippen LogP contribution in [-0.4, -0.2) is 17.4 Å². The van der Waals surface area contributed by atoms with Gasteiger partial charge in [-0.1, -0.05) is 61.2 Å². The molecule has 4 rings (SSSR count).